The Morgan fingerprint density at radius 2 is 2.00 bits per heavy atom. The summed E-state index contributed by atoms with van der Waals surface area (Å²) in [5, 5.41) is 2.99. The van der Waals surface area contributed by atoms with Gasteiger partial charge < -0.3 is 10.2 Å². The third-order valence-corrected chi connectivity index (χ3v) is 5.02. The summed E-state index contributed by atoms with van der Waals surface area (Å²) in [6, 6.07) is 12.0. The van der Waals surface area contributed by atoms with Gasteiger partial charge in [-0.05, 0) is 48.6 Å². The molecule has 2 amide bonds. The van der Waals surface area contributed by atoms with Gasteiger partial charge in [-0.2, -0.15) is 0 Å². The second-order valence-electron chi connectivity index (χ2n) is 6.36. The van der Waals surface area contributed by atoms with E-state index in [1.165, 1.54) is 11.1 Å². The predicted molar refractivity (Wildman–Crippen MR) is 104 cm³/mol. The van der Waals surface area contributed by atoms with Crippen molar-refractivity contribution in [1.29, 1.82) is 0 Å². The maximum Gasteiger partial charge on any atom is 0.224 e. The molecule has 1 aliphatic rings. The minimum Gasteiger partial charge on any atom is -0.324 e. The van der Waals surface area contributed by atoms with Crippen LogP contribution in [0.2, 0.25) is 0 Å². The summed E-state index contributed by atoms with van der Waals surface area (Å²) in [7, 11) is 0. The van der Waals surface area contributed by atoms with E-state index < -0.39 is 0 Å². The zero-order valence-electron chi connectivity index (χ0n) is 14.4. The number of fused-ring (bicyclic) bond motifs is 1. The molecule has 3 rings (SSSR count). The van der Waals surface area contributed by atoms with E-state index in [2.05, 4.69) is 40.3 Å². The number of halogens is 1. The van der Waals surface area contributed by atoms with Gasteiger partial charge in [0.05, 0.1) is 11.4 Å². The molecule has 0 unspecified atom stereocenters. The monoisotopic (exact) mass is 400 g/mol. The van der Waals surface area contributed by atoms with Gasteiger partial charge in [-0.15, -0.1) is 0 Å². The SMILES string of the molecule is CC(=O)N1CCc2cc(Br)cc(NC(=O)CCc3ccccc3C)c21. The van der Waals surface area contributed by atoms with Crippen LogP contribution in [0.15, 0.2) is 40.9 Å². The fourth-order valence-electron chi connectivity index (χ4n) is 3.27. The molecule has 0 spiro atoms. The number of benzene rings is 2. The number of hydrogen-bond donors (Lipinski definition) is 1. The molecule has 0 aliphatic carbocycles. The van der Waals surface area contributed by atoms with E-state index in [1.54, 1.807) is 11.8 Å². The Hall–Kier alpha value is -2.14. The van der Waals surface area contributed by atoms with Gasteiger partial charge >= 0.3 is 0 Å². The van der Waals surface area contributed by atoms with Gasteiger partial charge in [-0.25, -0.2) is 0 Å². The van der Waals surface area contributed by atoms with Gasteiger partial charge in [0.15, 0.2) is 0 Å². The Kier molecular flexibility index (Phi) is 5.23. The molecule has 0 saturated carbocycles. The summed E-state index contributed by atoms with van der Waals surface area (Å²) in [6.45, 7) is 4.27. The normalized spacial score (nSPS) is 12.8. The van der Waals surface area contributed by atoms with Gasteiger partial charge in [-0.1, -0.05) is 40.2 Å². The van der Waals surface area contributed by atoms with Gasteiger partial charge in [-0.3, -0.25) is 9.59 Å². The van der Waals surface area contributed by atoms with E-state index in [1.807, 2.05) is 24.3 Å². The molecule has 0 fully saturated rings. The molecule has 5 heteroatoms. The van der Waals surface area contributed by atoms with Crippen LogP contribution in [0.1, 0.15) is 30.0 Å². The molecule has 0 bridgehead atoms. The van der Waals surface area contributed by atoms with Gasteiger partial charge in [0, 0.05) is 24.4 Å². The van der Waals surface area contributed by atoms with Crippen LogP contribution in [0.25, 0.3) is 0 Å². The first kappa shape index (κ1) is 17.7. The van der Waals surface area contributed by atoms with Crippen LogP contribution in [0, 0.1) is 6.92 Å². The quantitative estimate of drug-likeness (QED) is 0.833. The summed E-state index contributed by atoms with van der Waals surface area (Å²) in [5.41, 5.74) is 4.99. The third kappa shape index (κ3) is 3.93. The highest BCUT2D eigenvalue weighted by atomic mass is 79.9. The van der Waals surface area contributed by atoms with E-state index in [9.17, 15) is 9.59 Å². The molecule has 1 aliphatic heterocycles. The summed E-state index contributed by atoms with van der Waals surface area (Å²) in [4.78, 5) is 26.1. The van der Waals surface area contributed by atoms with Crippen molar-refractivity contribution >= 4 is 39.1 Å². The van der Waals surface area contributed by atoms with Gasteiger partial charge in [0.25, 0.3) is 0 Å². The zero-order chi connectivity index (χ0) is 18.0. The molecule has 2 aromatic rings. The lowest BCUT2D eigenvalue weighted by Gasteiger charge is -2.19. The second-order valence-corrected chi connectivity index (χ2v) is 7.27. The maximum atomic E-state index is 12.5. The van der Waals surface area contributed by atoms with Crippen LogP contribution in [0.5, 0.6) is 0 Å². The maximum absolute atomic E-state index is 12.5. The third-order valence-electron chi connectivity index (χ3n) is 4.57. The highest BCUT2D eigenvalue weighted by Crippen LogP contribution is 2.38. The zero-order valence-corrected chi connectivity index (χ0v) is 16.0. The molecule has 25 heavy (non-hydrogen) atoms. The van der Waals surface area contributed by atoms with Crippen LogP contribution in [-0.2, 0) is 22.4 Å². The lowest BCUT2D eigenvalue weighted by Crippen LogP contribution is -2.27. The number of anilines is 2. The Bertz CT molecular complexity index is 832. The number of nitrogens with one attached hydrogen (secondary N) is 1. The molecule has 0 saturated heterocycles. The van der Waals surface area contributed by atoms with Crippen LogP contribution < -0.4 is 10.2 Å². The van der Waals surface area contributed by atoms with Crippen molar-refractivity contribution in [3.05, 3.63) is 57.6 Å². The minimum atomic E-state index is -0.0426. The Morgan fingerprint density at radius 1 is 1.24 bits per heavy atom. The Balaban J connectivity index is 1.76. The van der Waals surface area contributed by atoms with Crippen LogP contribution in [-0.4, -0.2) is 18.4 Å². The molecule has 1 N–H and O–H groups in total. The van der Waals surface area contributed by atoms with E-state index in [4.69, 9.17) is 0 Å². The molecule has 130 valence electrons. The molecule has 0 aromatic heterocycles. The lowest BCUT2D eigenvalue weighted by molar-refractivity contribution is -0.117. The average Bonchev–Trinajstić information content (AvgIpc) is 2.98. The van der Waals surface area contributed by atoms with Crippen molar-refractivity contribution in [3.63, 3.8) is 0 Å². The Labute approximate surface area is 156 Å². The molecule has 1 heterocycles. The molecular weight excluding hydrogens is 380 g/mol. The molecule has 4 nitrogen and oxygen atoms in total. The van der Waals surface area contributed by atoms with Crippen LogP contribution in [0.3, 0.4) is 0 Å². The van der Waals surface area contributed by atoms with Gasteiger partial charge in [0.2, 0.25) is 11.8 Å². The van der Waals surface area contributed by atoms with Crippen molar-refractivity contribution in [2.24, 2.45) is 0 Å². The minimum absolute atomic E-state index is 0.00326. The van der Waals surface area contributed by atoms with E-state index in [0.717, 1.165) is 22.1 Å². The number of nitrogens with zero attached hydrogens (tertiary/aromatic N) is 1. The highest BCUT2D eigenvalue weighted by Gasteiger charge is 2.26. The van der Waals surface area contributed by atoms with Crippen molar-refractivity contribution in [3.8, 4) is 0 Å². The first-order valence-corrected chi connectivity index (χ1v) is 9.20. The standard InChI is InChI=1S/C20H21BrN2O2/c1-13-5-3-4-6-15(13)7-8-19(25)22-18-12-17(21)11-16-9-10-23(14(2)24)20(16)18/h3-6,11-12H,7-10H2,1-2H3,(H,22,25). The topological polar surface area (TPSA) is 49.4 Å². The van der Waals surface area contributed by atoms with E-state index in [0.29, 0.717) is 25.1 Å². The van der Waals surface area contributed by atoms with Gasteiger partial charge in [0.1, 0.15) is 0 Å². The molecule has 0 atom stereocenters. The van der Waals surface area contributed by atoms with E-state index in [-0.39, 0.29) is 11.8 Å². The summed E-state index contributed by atoms with van der Waals surface area (Å²) in [6.07, 6.45) is 1.91. The lowest BCUT2D eigenvalue weighted by atomic mass is 10.0. The number of aryl methyl sites for hydroxylation is 2. The Morgan fingerprint density at radius 3 is 2.72 bits per heavy atom. The number of carbonyl (C=O) groups is 2. The number of amides is 2. The predicted octanol–water partition coefficient (Wildman–Crippen LogP) is 4.24. The molecular formula is C20H21BrN2O2. The summed E-state index contributed by atoms with van der Waals surface area (Å²) >= 11 is 3.49. The first-order chi connectivity index (χ1) is 12.0. The summed E-state index contributed by atoms with van der Waals surface area (Å²) < 4.78 is 0.908. The van der Waals surface area contributed by atoms with Crippen molar-refractivity contribution in [1.82, 2.24) is 0 Å². The van der Waals surface area contributed by atoms with Crippen molar-refractivity contribution < 1.29 is 9.59 Å². The molecule has 2 aromatic carbocycles. The molecule has 0 radical (unpaired) electrons. The average molecular weight is 401 g/mol. The highest BCUT2D eigenvalue weighted by molar-refractivity contribution is 9.10. The number of rotatable bonds is 4. The van der Waals surface area contributed by atoms with Crippen LogP contribution >= 0.6 is 15.9 Å². The summed E-state index contributed by atoms with van der Waals surface area (Å²) in [5.74, 6) is -0.0459. The second kappa shape index (κ2) is 7.40. The van der Waals surface area contributed by atoms with Crippen molar-refractivity contribution in [2.45, 2.75) is 33.1 Å². The first-order valence-electron chi connectivity index (χ1n) is 8.40. The number of hydrogen-bond acceptors (Lipinski definition) is 2. The van der Waals surface area contributed by atoms with Crippen molar-refractivity contribution in [2.75, 3.05) is 16.8 Å². The van der Waals surface area contributed by atoms with E-state index >= 15 is 0 Å². The smallest absolute Gasteiger partial charge is 0.224 e. The fraction of sp³-hybridized carbons (Fsp3) is 0.300. The fourth-order valence-corrected chi connectivity index (χ4v) is 3.78. The van der Waals surface area contributed by atoms with Crippen LogP contribution in [0.4, 0.5) is 11.4 Å². The largest absolute Gasteiger partial charge is 0.324 e. The number of carbonyl (C=O) groups excluding carboxylic acids is 2.